The number of rotatable bonds is 6. The second kappa shape index (κ2) is 6.99. The lowest BCUT2D eigenvalue weighted by Crippen LogP contribution is -2.28. The summed E-state index contributed by atoms with van der Waals surface area (Å²) in [5.74, 6) is 3.36. The average molecular weight is 175 g/mol. The van der Waals surface area contributed by atoms with Crippen molar-refractivity contribution in [2.75, 3.05) is 18.6 Å². The normalized spacial score (nSPS) is 16.4. The molecule has 0 spiro atoms. The lowest BCUT2D eigenvalue weighted by Gasteiger charge is -2.18. The molecular formula is C9H21NS. The van der Waals surface area contributed by atoms with E-state index in [1.807, 2.05) is 18.8 Å². The Morgan fingerprint density at radius 2 is 2.00 bits per heavy atom. The molecule has 0 saturated heterocycles. The van der Waals surface area contributed by atoms with Crippen molar-refractivity contribution in [3.63, 3.8) is 0 Å². The summed E-state index contributed by atoms with van der Waals surface area (Å²) in [6, 6.07) is 0.660. The van der Waals surface area contributed by atoms with Crippen LogP contribution in [0.15, 0.2) is 0 Å². The fourth-order valence-corrected chi connectivity index (χ4v) is 1.78. The minimum Gasteiger partial charge on any atom is -0.317 e. The summed E-state index contributed by atoms with van der Waals surface area (Å²) >= 11 is 2.04. The van der Waals surface area contributed by atoms with Crippen molar-refractivity contribution < 1.29 is 0 Å². The fraction of sp³-hybridized carbons (Fsp3) is 1.00. The van der Waals surface area contributed by atoms with Gasteiger partial charge in [-0.25, -0.2) is 0 Å². The summed E-state index contributed by atoms with van der Waals surface area (Å²) in [6.07, 6.45) is 1.33. The summed E-state index contributed by atoms with van der Waals surface area (Å²) in [5, 5.41) is 3.28. The largest absolute Gasteiger partial charge is 0.317 e. The molecule has 0 fully saturated rings. The van der Waals surface area contributed by atoms with E-state index in [-0.39, 0.29) is 0 Å². The highest BCUT2D eigenvalue weighted by Gasteiger charge is 2.08. The minimum atomic E-state index is 0.660. The first-order chi connectivity index (χ1) is 5.22. The van der Waals surface area contributed by atoms with Crippen molar-refractivity contribution in [1.29, 1.82) is 0 Å². The second-order valence-electron chi connectivity index (χ2n) is 3.04. The summed E-state index contributed by atoms with van der Waals surface area (Å²) in [6.45, 7) is 6.79. The third-order valence-corrected chi connectivity index (χ3v) is 3.16. The third-order valence-electron chi connectivity index (χ3n) is 2.23. The molecule has 0 aliphatic heterocycles. The molecule has 1 N–H and O–H groups in total. The van der Waals surface area contributed by atoms with Gasteiger partial charge in [0.2, 0.25) is 0 Å². The fourth-order valence-electron chi connectivity index (χ4n) is 0.948. The monoisotopic (exact) mass is 175 g/mol. The van der Waals surface area contributed by atoms with Crippen LogP contribution in [0.25, 0.3) is 0 Å². The summed E-state index contributed by atoms with van der Waals surface area (Å²) < 4.78 is 0. The average Bonchev–Trinajstić information content (AvgIpc) is 2.03. The standard InChI is InChI=1S/C9H21NS/c1-5-11-7-6-8(2)9(3)10-4/h8-10H,5-7H2,1-4H3. The topological polar surface area (TPSA) is 12.0 Å². The maximum atomic E-state index is 3.28. The second-order valence-corrected chi connectivity index (χ2v) is 4.43. The van der Waals surface area contributed by atoms with Crippen LogP contribution in [0.1, 0.15) is 27.2 Å². The van der Waals surface area contributed by atoms with Gasteiger partial charge in [0.05, 0.1) is 0 Å². The van der Waals surface area contributed by atoms with Gasteiger partial charge in [-0.2, -0.15) is 11.8 Å². The number of hydrogen-bond donors (Lipinski definition) is 1. The Labute approximate surface area is 75.3 Å². The van der Waals surface area contributed by atoms with E-state index in [4.69, 9.17) is 0 Å². The van der Waals surface area contributed by atoms with E-state index in [9.17, 15) is 0 Å². The molecule has 0 aliphatic rings. The molecule has 2 heteroatoms. The maximum absolute atomic E-state index is 3.28. The molecule has 0 aliphatic carbocycles. The van der Waals surface area contributed by atoms with E-state index < -0.39 is 0 Å². The van der Waals surface area contributed by atoms with Gasteiger partial charge in [0, 0.05) is 6.04 Å². The predicted molar refractivity (Wildman–Crippen MR) is 55.3 cm³/mol. The zero-order valence-electron chi connectivity index (χ0n) is 8.18. The van der Waals surface area contributed by atoms with Crippen molar-refractivity contribution in [3.05, 3.63) is 0 Å². The molecule has 0 heterocycles. The van der Waals surface area contributed by atoms with E-state index in [0.29, 0.717) is 6.04 Å². The van der Waals surface area contributed by atoms with Gasteiger partial charge in [-0.3, -0.25) is 0 Å². The molecule has 0 aromatic rings. The molecule has 1 nitrogen and oxygen atoms in total. The highest BCUT2D eigenvalue weighted by atomic mass is 32.2. The van der Waals surface area contributed by atoms with Gasteiger partial charge >= 0.3 is 0 Å². The van der Waals surface area contributed by atoms with Crippen LogP contribution in [0.4, 0.5) is 0 Å². The highest BCUT2D eigenvalue weighted by Crippen LogP contribution is 2.11. The number of hydrogen-bond acceptors (Lipinski definition) is 2. The molecule has 0 saturated carbocycles. The Bertz CT molecular complexity index is 85.6. The van der Waals surface area contributed by atoms with Crippen LogP contribution in [-0.4, -0.2) is 24.6 Å². The lowest BCUT2D eigenvalue weighted by molar-refractivity contribution is 0.417. The van der Waals surface area contributed by atoms with Gasteiger partial charge in [0.25, 0.3) is 0 Å². The van der Waals surface area contributed by atoms with Crippen LogP contribution < -0.4 is 5.32 Å². The van der Waals surface area contributed by atoms with Gasteiger partial charge in [0.15, 0.2) is 0 Å². The van der Waals surface area contributed by atoms with Crippen LogP contribution >= 0.6 is 11.8 Å². The van der Waals surface area contributed by atoms with Gasteiger partial charge < -0.3 is 5.32 Å². The molecule has 0 amide bonds. The Morgan fingerprint density at radius 3 is 2.45 bits per heavy atom. The maximum Gasteiger partial charge on any atom is 0.00616 e. The van der Waals surface area contributed by atoms with Crippen molar-refractivity contribution in [3.8, 4) is 0 Å². The van der Waals surface area contributed by atoms with Crippen molar-refractivity contribution in [2.24, 2.45) is 5.92 Å². The summed E-state index contributed by atoms with van der Waals surface area (Å²) in [4.78, 5) is 0. The van der Waals surface area contributed by atoms with Crippen molar-refractivity contribution in [1.82, 2.24) is 5.32 Å². The Hall–Kier alpha value is 0.310. The van der Waals surface area contributed by atoms with Crippen LogP contribution in [0.5, 0.6) is 0 Å². The molecular weight excluding hydrogens is 154 g/mol. The van der Waals surface area contributed by atoms with Gasteiger partial charge in [-0.15, -0.1) is 0 Å². The summed E-state index contributed by atoms with van der Waals surface area (Å²) in [5.41, 5.74) is 0. The summed E-state index contributed by atoms with van der Waals surface area (Å²) in [7, 11) is 2.04. The van der Waals surface area contributed by atoms with E-state index in [2.05, 4.69) is 26.1 Å². The van der Waals surface area contributed by atoms with E-state index >= 15 is 0 Å². The Balaban J connectivity index is 3.28. The number of thioether (sulfide) groups is 1. The van der Waals surface area contributed by atoms with Crippen molar-refractivity contribution >= 4 is 11.8 Å². The molecule has 0 radical (unpaired) electrons. The van der Waals surface area contributed by atoms with Gasteiger partial charge in [0.1, 0.15) is 0 Å². The first kappa shape index (κ1) is 11.3. The first-order valence-corrected chi connectivity index (χ1v) is 5.62. The lowest BCUT2D eigenvalue weighted by atomic mass is 10.0. The molecule has 68 valence electrons. The molecule has 0 aromatic heterocycles. The van der Waals surface area contributed by atoms with Crippen LogP contribution in [-0.2, 0) is 0 Å². The zero-order chi connectivity index (χ0) is 8.69. The minimum absolute atomic E-state index is 0.660. The van der Waals surface area contributed by atoms with E-state index in [1.165, 1.54) is 17.9 Å². The van der Waals surface area contributed by atoms with E-state index in [0.717, 1.165) is 5.92 Å². The molecule has 0 aromatic carbocycles. The molecule has 2 unspecified atom stereocenters. The first-order valence-electron chi connectivity index (χ1n) is 4.47. The van der Waals surface area contributed by atoms with Gasteiger partial charge in [-0.1, -0.05) is 13.8 Å². The quantitative estimate of drug-likeness (QED) is 0.622. The van der Waals surface area contributed by atoms with Crippen LogP contribution in [0, 0.1) is 5.92 Å². The Kier molecular flexibility index (Phi) is 7.18. The number of nitrogens with one attached hydrogen (secondary N) is 1. The third kappa shape index (κ3) is 5.57. The van der Waals surface area contributed by atoms with Crippen molar-refractivity contribution in [2.45, 2.75) is 33.2 Å². The van der Waals surface area contributed by atoms with E-state index in [1.54, 1.807) is 0 Å². The Morgan fingerprint density at radius 1 is 1.36 bits per heavy atom. The predicted octanol–water partition coefficient (Wildman–Crippen LogP) is 2.37. The smallest absolute Gasteiger partial charge is 0.00616 e. The SMILES string of the molecule is CCSCCC(C)C(C)NC. The van der Waals surface area contributed by atoms with Crippen LogP contribution in [0.2, 0.25) is 0 Å². The molecule has 0 bridgehead atoms. The van der Waals surface area contributed by atoms with Gasteiger partial charge in [-0.05, 0) is 37.8 Å². The zero-order valence-corrected chi connectivity index (χ0v) is 9.00. The van der Waals surface area contributed by atoms with Crippen LogP contribution in [0.3, 0.4) is 0 Å². The highest BCUT2D eigenvalue weighted by molar-refractivity contribution is 7.99. The molecule has 0 rings (SSSR count). The molecule has 11 heavy (non-hydrogen) atoms. The molecule has 2 atom stereocenters.